The quantitative estimate of drug-likeness (QED) is 0.835. The molecule has 1 N–H and O–H groups in total. The van der Waals surface area contributed by atoms with Crippen LogP contribution in [0.15, 0.2) is 22.7 Å². The number of nitrogens with one attached hydrogen (secondary N) is 1. The molecule has 21 heavy (non-hydrogen) atoms. The van der Waals surface area contributed by atoms with Gasteiger partial charge in [-0.05, 0) is 45.4 Å². The second kappa shape index (κ2) is 6.36. The van der Waals surface area contributed by atoms with Crippen LogP contribution in [0.2, 0.25) is 0 Å². The van der Waals surface area contributed by atoms with Crippen molar-refractivity contribution in [1.82, 2.24) is 9.80 Å². The van der Waals surface area contributed by atoms with E-state index >= 15 is 0 Å². The fraction of sp³-hybridized carbons (Fsp3) is 0.562. The number of piperazine rings is 1. The molecular weight excluding hydrogens is 330 g/mol. The Morgan fingerprint density at radius 1 is 1.19 bits per heavy atom. The molecule has 1 heterocycles. The molecule has 1 aliphatic heterocycles. The minimum atomic E-state index is -0.0145. The number of carbonyl (C=O) groups is 1. The lowest BCUT2D eigenvalue weighted by Gasteiger charge is -2.42. The highest BCUT2D eigenvalue weighted by molar-refractivity contribution is 9.10. The highest BCUT2D eigenvalue weighted by Crippen LogP contribution is 2.21. The maximum atomic E-state index is 12.3. The second-order valence-corrected chi connectivity index (χ2v) is 7.39. The van der Waals surface area contributed by atoms with E-state index < -0.39 is 0 Å². The Hall–Kier alpha value is -1.07. The Morgan fingerprint density at radius 3 is 2.33 bits per heavy atom. The SMILES string of the molecule is Cc1ccc(NC(=O)N2CCN(C(C)(C)C)CC2)cc1Br. The number of amides is 2. The largest absolute Gasteiger partial charge is 0.322 e. The molecule has 0 saturated carbocycles. The number of hydrogen-bond acceptors (Lipinski definition) is 2. The summed E-state index contributed by atoms with van der Waals surface area (Å²) in [6, 6.07) is 5.86. The zero-order valence-electron chi connectivity index (χ0n) is 13.2. The third-order valence-corrected chi connectivity index (χ3v) is 4.79. The van der Waals surface area contributed by atoms with Gasteiger partial charge in [0, 0.05) is 41.9 Å². The first kappa shape index (κ1) is 16.3. The van der Waals surface area contributed by atoms with Crippen LogP contribution >= 0.6 is 15.9 Å². The van der Waals surface area contributed by atoms with Gasteiger partial charge in [-0.25, -0.2) is 4.79 Å². The van der Waals surface area contributed by atoms with Gasteiger partial charge in [0.2, 0.25) is 0 Å². The second-order valence-electron chi connectivity index (χ2n) is 6.54. The maximum Gasteiger partial charge on any atom is 0.321 e. The van der Waals surface area contributed by atoms with Gasteiger partial charge >= 0.3 is 6.03 Å². The van der Waals surface area contributed by atoms with Crippen LogP contribution in [-0.4, -0.2) is 47.5 Å². The minimum Gasteiger partial charge on any atom is -0.322 e. The average Bonchev–Trinajstić information content (AvgIpc) is 2.42. The van der Waals surface area contributed by atoms with Crippen LogP contribution in [0, 0.1) is 6.92 Å². The van der Waals surface area contributed by atoms with Gasteiger partial charge in [0.05, 0.1) is 0 Å². The van der Waals surface area contributed by atoms with Crippen LogP contribution in [0.5, 0.6) is 0 Å². The Balaban J connectivity index is 1.92. The summed E-state index contributed by atoms with van der Waals surface area (Å²) >= 11 is 3.49. The van der Waals surface area contributed by atoms with E-state index in [2.05, 4.69) is 46.9 Å². The molecule has 2 rings (SSSR count). The topological polar surface area (TPSA) is 35.6 Å². The van der Waals surface area contributed by atoms with Gasteiger partial charge in [0.25, 0.3) is 0 Å². The number of carbonyl (C=O) groups excluding carboxylic acids is 1. The first-order valence-electron chi connectivity index (χ1n) is 7.34. The predicted molar refractivity (Wildman–Crippen MR) is 90.8 cm³/mol. The van der Waals surface area contributed by atoms with E-state index in [9.17, 15) is 4.79 Å². The number of benzene rings is 1. The van der Waals surface area contributed by atoms with Crippen molar-refractivity contribution in [2.24, 2.45) is 0 Å². The van der Waals surface area contributed by atoms with E-state index in [1.807, 2.05) is 30.0 Å². The molecule has 0 aromatic heterocycles. The van der Waals surface area contributed by atoms with Crippen LogP contribution < -0.4 is 5.32 Å². The number of urea groups is 1. The monoisotopic (exact) mass is 353 g/mol. The van der Waals surface area contributed by atoms with Crippen molar-refractivity contribution in [1.29, 1.82) is 0 Å². The summed E-state index contributed by atoms with van der Waals surface area (Å²) < 4.78 is 1.01. The molecule has 1 aliphatic rings. The Bertz CT molecular complexity index is 517. The summed E-state index contributed by atoms with van der Waals surface area (Å²) in [5.41, 5.74) is 2.16. The molecule has 5 heteroatoms. The van der Waals surface area contributed by atoms with Crippen LogP contribution in [-0.2, 0) is 0 Å². The van der Waals surface area contributed by atoms with Crippen LogP contribution in [0.25, 0.3) is 0 Å². The minimum absolute atomic E-state index is 0.0145. The molecule has 0 unspecified atom stereocenters. The van der Waals surface area contributed by atoms with Gasteiger partial charge < -0.3 is 10.2 Å². The average molecular weight is 354 g/mol. The molecule has 1 saturated heterocycles. The molecule has 0 aliphatic carbocycles. The molecule has 1 aromatic rings. The summed E-state index contributed by atoms with van der Waals surface area (Å²) in [5.74, 6) is 0. The van der Waals surface area contributed by atoms with Gasteiger partial charge in [-0.1, -0.05) is 22.0 Å². The molecule has 1 aromatic carbocycles. The summed E-state index contributed by atoms with van der Waals surface area (Å²) in [6.45, 7) is 12.1. The number of rotatable bonds is 1. The zero-order valence-corrected chi connectivity index (χ0v) is 14.8. The lowest BCUT2D eigenvalue weighted by molar-refractivity contribution is 0.0774. The van der Waals surface area contributed by atoms with Crippen molar-refractivity contribution in [3.8, 4) is 0 Å². The molecule has 0 atom stereocenters. The first-order valence-corrected chi connectivity index (χ1v) is 8.14. The van der Waals surface area contributed by atoms with Crippen molar-refractivity contribution in [3.63, 3.8) is 0 Å². The number of hydrogen-bond donors (Lipinski definition) is 1. The van der Waals surface area contributed by atoms with Crippen LogP contribution in [0.3, 0.4) is 0 Å². The van der Waals surface area contributed by atoms with Gasteiger partial charge in [-0.2, -0.15) is 0 Å². The molecular formula is C16H24BrN3O. The molecule has 0 spiro atoms. The van der Waals surface area contributed by atoms with E-state index in [1.54, 1.807) is 0 Å². The fourth-order valence-electron chi connectivity index (χ4n) is 2.45. The lowest BCUT2D eigenvalue weighted by Crippen LogP contribution is -2.55. The van der Waals surface area contributed by atoms with E-state index in [-0.39, 0.29) is 11.6 Å². The van der Waals surface area contributed by atoms with Gasteiger partial charge in [0.15, 0.2) is 0 Å². The van der Waals surface area contributed by atoms with Crippen LogP contribution in [0.1, 0.15) is 26.3 Å². The molecule has 1 fully saturated rings. The Morgan fingerprint density at radius 2 is 1.81 bits per heavy atom. The van der Waals surface area contributed by atoms with Gasteiger partial charge in [0.1, 0.15) is 0 Å². The molecule has 4 nitrogen and oxygen atoms in total. The smallest absolute Gasteiger partial charge is 0.321 e. The summed E-state index contributed by atoms with van der Waals surface area (Å²) in [6.07, 6.45) is 0. The highest BCUT2D eigenvalue weighted by Gasteiger charge is 2.27. The summed E-state index contributed by atoms with van der Waals surface area (Å²) in [5, 5.41) is 2.97. The molecule has 2 amide bonds. The highest BCUT2D eigenvalue weighted by atomic mass is 79.9. The fourth-order valence-corrected chi connectivity index (χ4v) is 2.83. The van der Waals surface area contributed by atoms with E-state index in [4.69, 9.17) is 0 Å². The number of nitrogens with zero attached hydrogens (tertiary/aromatic N) is 2. The number of aryl methyl sites for hydroxylation is 1. The third-order valence-electron chi connectivity index (χ3n) is 3.94. The maximum absolute atomic E-state index is 12.3. The number of anilines is 1. The van der Waals surface area contributed by atoms with Crippen molar-refractivity contribution in [2.75, 3.05) is 31.5 Å². The van der Waals surface area contributed by atoms with Crippen molar-refractivity contribution >= 4 is 27.6 Å². The number of halogens is 1. The normalized spacial score (nSPS) is 16.9. The van der Waals surface area contributed by atoms with E-state index in [0.717, 1.165) is 41.9 Å². The predicted octanol–water partition coefficient (Wildman–Crippen LogP) is 3.71. The van der Waals surface area contributed by atoms with Crippen molar-refractivity contribution < 1.29 is 4.79 Å². The molecule has 0 radical (unpaired) electrons. The van der Waals surface area contributed by atoms with Gasteiger partial charge in [-0.15, -0.1) is 0 Å². The lowest BCUT2D eigenvalue weighted by atomic mass is 10.1. The summed E-state index contributed by atoms with van der Waals surface area (Å²) in [7, 11) is 0. The first-order chi connectivity index (χ1) is 9.77. The van der Waals surface area contributed by atoms with Gasteiger partial charge in [-0.3, -0.25) is 4.90 Å². The zero-order chi connectivity index (χ0) is 15.6. The van der Waals surface area contributed by atoms with E-state index in [0.29, 0.717) is 0 Å². The Labute approximate surface area is 135 Å². The van der Waals surface area contributed by atoms with Crippen molar-refractivity contribution in [2.45, 2.75) is 33.2 Å². The van der Waals surface area contributed by atoms with E-state index in [1.165, 1.54) is 0 Å². The van der Waals surface area contributed by atoms with Crippen molar-refractivity contribution in [3.05, 3.63) is 28.2 Å². The summed E-state index contributed by atoms with van der Waals surface area (Å²) in [4.78, 5) is 16.6. The molecule has 0 bridgehead atoms. The van der Waals surface area contributed by atoms with Crippen LogP contribution in [0.4, 0.5) is 10.5 Å². The Kier molecular flexibility index (Phi) is 4.94. The molecule has 116 valence electrons. The third kappa shape index (κ3) is 4.20. The standard InChI is InChI=1S/C16H24BrN3O/c1-12-5-6-13(11-14(12)17)18-15(21)19-7-9-20(10-8-19)16(2,3)4/h5-6,11H,7-10H2,1-4H3,(H,18,21).